The van der Waals surface area contributed by atoms with Crippen molar-refractivity contribution in [3.63, 3.8) is 0 Å². The predicted octanol–water partition coefficient (Wildman–Crippen LogP) is 2.92. The van der Waals surface area contributed by atoms with E-state index in [1.165, 1.54) is 17.1 Å². The van der Waals surface area contributed by atoms with Gasteiger partial charge in [0.2, 0.25) is 17.7 Å². The molecule has 1 saturated heterocycles. The lowest BCUT2D eigenvalue weighted by atomic mass is 10.00. The van der Waals surface area contributed by atoms with Gasteiger partial charge >= 0.3 is 0 Å². The number of hydrogen-bond acceptors (Lipinski definition) is 9. The number of benzene rings is 1. The van der Waals surface area contributed by atoms with E-state index >= 15 is 0 Å². The number of nitrogens with zero attached hydrogens (tertiary/aromatic N) is 6. The molecule has 40 heavy (non-hydrogen) atoms. The molecule has 1 aliphatic heterocycles. The third-order valence-electron chi connectivity index (χ3n) is 6.62. The smallest absolute Gasteiger partial charge is 0.267 e. The third-order valence-corrected chi connectivity index (χ3v) is 7.90. The molecule has 0 spiro atoms. The minimum Gasteiger partial charge on any atom is -0.493 e. The van der Waals surface area contributed by atoms with Crippen molar-refractivity contribution in [3.05, 3.63) is 70.7 Å². The van der Waals surface area contributed by atoms with Crippen LogP contribution < -0.4 is 9.46 Å². The maximum Gasteiger partial charge on any atom is 0.267 e. The number of likely N-dealkylation sites (tertiary alicyclic amines) is 1. The zero-order valence-corrected chi connectivity index (χ0v) is 23.5. The van der Waals surface area contributed by atoms with Gasteiger partial charge in [0.05, 0.1) is 25.0 Å². The second-order valence-electron chi connectivity index (χ2n) is 9.87. The highest BCUT2D eigenvalue weighted by atomic mass is 32.2. The average Bonchev–Trinajstić information content (AvgIpc) is 3.27. The number of aromatic hydroxyl groups is 1. The molecular formula is C27H29N7O5S. The van der Waals surface area contributed by atoms with E-state index in [0.717, 1.165) is 16.7 Å². The molecule has 2 N–H and O–H groups in total. The number of carbonyl (C=O) groups is 1. The Balaban J connectivity index is 1.41. The van der Waals surface area contributed by atoms with Crippen LogP contribution in [0.4, 0.5) is 5.95 Å². The van der Waals surface area contributed by atoms with Crippen LogP contribution in [0.2, 0.25) is 0 Å². The fourth-order valence-electron chi connectivity index (χ4n) is 4.68. The molecule has 4 heterocycles. The number of amides is 1. The summed E-state index contributed by atoms with van der Waals surface area (Å²) < 4.78 is 35.8. The van der Waals surface area contributed by atoms with Gasteiger partial charge in [0.1, 0.15) is 16.6 Å². The second-order valence-corrected chi connectivity index (χ2v) is 11.5. The number of nitrogens with one attached hydrogen (secondary N) is 1. The Morgan fingerprint density at radius 3 is 2.38 bits per heavy atom. The molecule has 1 amide bonds. The Morgan fingerprint density at radius 1 is 1.05 bits per heavy atom. The highest BCUT2D eigenvalue weighted by molar-refractivity contribution is 7.92. The summed E-state index contributed by atoms with van der Waals surface area (Å²) in [6.45, 7) is 7.89. The number of sulfonamides is 1. The Morgan fingerprint density at radius 2 is 1.75 bits per heavy atom. The van der Waals surface area contributed by atoms with Crippen molar-refractivity contribution in [1.29, 1.82) is 0 Å². The number of hydrogen-bond donors (Lipinski definition) is 2. The molecule has 1 aromatic carbocycles. The van der Waals surface area contributed by atoms with Gasteiger partial charge in [-0.15, -0.1) is 0 Å². The summed E-state index contributed by atoms with van der Waals surface area (Å²) in [7, 11) is -2.39. The molecule has 208 valence electrons. The molecule has 0 saturated carbocycles. The van der Waals surface area contributed by atoms with Gasteiger partial charge in [0.25, 0.3) is 15.9 Å². The molecule has 0 atom stereocenters. The molecule has 13 heteroatoms. The zero-order chi connectivity index (χ0) is 28.8. The Kier molecular flexibility index (Phi) is 6.92. The van der Waals surface area contributed by atoms with Crippen LogP contribution in [-0.4, -0.2) is 68.3 Å². The van der Waals surface area contributed by atoms with Crippen molar-refractivity contribution in [1.82, 2.24) is 29.6 Å². The minimum absolute atomic E-state index is 0.0316. The van der Waals surface area contributed by atoms with Gasteiger partial charge in [-0.2, -0.15) is 10.1 Å². The first-order valence-electron chi connectivity index (χ1n) is 12.5. The molecular weight excluding hydrogens is 534 g/mol. The summed E-state index contributed by atoms with van der Waals surface area (Å²) in [6.07, 6.45) is 2.21. The highest BCUT2D eigenvalue weighted by Crippen LogP contribution is 2.31. The first-order valence-corrected chi connectivity index (χ1v) is 14.0. The van der Waals surface area contributed by atoms with E-state index in [1.807, 2.05) is 32.0 Å². The first-order chi connectivity index (χ1) is 18.9. The Labute approximate surface area is 231 Å². The number of rotatable bonds is 7. The SMILES string of the molecule is Cc1cc(C)c(C(=O)N2CC(Oc3cc(-c4c(C)cccc4C)nc(NS(=O)(=O)c4cnn(C)c4)n3)C2)c(O)n1. The van der Waals surface area contributed by atoms with Crippen LogP contribution in [0.15, 0.2) is 47.6 Å². The van der Waals surface area contributed by atoms with E-state index in [0.29, 0.717) is 17.0 Å². The van der Waals surface area contributed by atoms with Crippen LogP contribution in [0.25, 0.3) is 11.3 Å². The molecule has 0 bridgehead atoms. The fourth-order valence-corrected chi connectivity index (χ4v) is 5.61. The average molecular weight is 564 g/mol. The quantitative estimate of drug-likeness (QED) is 0.346. The normalized spacial score (nSPS) is 13.7. The maximum absolute atomic E-state index is 13.0. The van der Waals surface area contributed by atoms with Crippen molar-refractivity contribution in [2.24, 2.45) is 7.05 Å². The second kappa shape index (κ2) is 10.2. The number of ether oxygens (including phenoxy) is 1. The van der Waals surface area contributed by atoms with Crippen LogP contribution in [0.5, 0.6) is 11.8 Å². The summed E-state index contributed by atoms with van der Waals surface area (Å²) in [5.41, 5.74) is 4.65. The van der Waals surface area contributed by atoms with E-state index in [9.17, 15) is 18.3 Å². The lowest BCUT2D eigenvalue weighted by Crippen LogP contribution is -2.56. The summed E-state index contributed by atoms with van der Waals surface area (Å²) in [4.78, 5) is 27.3. The van der Waals surface area contributed by atoms with E-state index in [1.54, 1.807) is 37.9 Å². The lowest BCUT2D eigenvalue weighted by Gasteiger charge is -2.38. The van der Waals surface area contributed by atoms with Crippen molar-refractivity contribution in [2.45, 2.75) is 38.7 Å². The molecule has 1 aliphatic rings. The van der Waals surface area contributed by atoms with Crippen LogP contribution in [0, 0.1) is 27.7 Å². The number of aromatic nitrogens is 5. The number of pyridine rings is 1. The number of anilines is 1. The molecule has 5 rings (SSSR count). The van der Waals surface area contributed by atoms with Crippen LogP contribution in [0.1, 0.15) is 32.7 Å². The van der Waals surface area contributed by atoms with E-state index in [4.69, 9.17) is 4.74 Å². The van der Waals surface area contributed by atoms with Gasteiger partial charge in [0, 0.05) is 30.6 Å². The largest absolute Gasteiger partial charge is 0.493 e. The molecule has 12 nitrogen and oxygen atoms in total. The molecule has 0 radical (unpaired) electrons. The molecule has 3 aromatic heterocycles. The van der Waals surface area contributed by atoms with Gasteiger partial charge in [-0.3, -0.25) is 9.48 Å². The van der Waals surface area contributed by atoms with Gasteiger partial charge in [0.15, 0.2) is 0 Å². The van der Waals surface area contributed by atoms with E-state index in [2.05, 4.69) is 24.8 Å². The van der Waals surface area contributed by atoms with Crippen LogP contribution in [-0.2, 0) is 17.1 Å². The monoisotopic (exact) mass is 563 g/mol. The summed E-state index contributed by atoms with van der Waals surface area (Å²) in [5, 5.41) is 14.2. The Hall–Kier alpha value is -4.52. The number of carbonyl (C=O) groups excluding carboxylic acids is 1. The van der Waals surface area contributed by atoms with Crippen LogP contribution in [0.3, 0.4) is 0 Å². The van der Waals surface area contributed by atoms with Crippen molar-refractivity contribution < 1.29 is 23.1 Å². The zero-order valence-electron chi connectivity index (χ0n) is 22.7. The number of aryl methyl sites for hydroxylation is 5. The maximum atomic E-state index is 13.0. The molecule has 4 aromatic rings. The van der Waals surface area contributed by atoms with Crippen molar-refractivity contribution in [3.8, 4) is 23.0 Å². The molecule has 0 unspecified atom stereocenters. The van der Waals surface area contributed by atoms with E-state index < -0.39 is 16.1 Å². The standard InChI is InChI=1S/C27H29N7O5S/c1-15-7-6-8-16(2)23(15)21-10-22(31-27(30-21)32-40(37,38)20-11-28-33(5)14-20)39-19-12-34(13-19)26(36)24-17(3)9-18(4)29-25(24)35/h6-11,14,19H,12-13H2,1-5H3,(H,29,35)(H,30,31,32). The molecule has 1 fully saturated rings. The van der Waals surface area contributed by atoms with Gasteiger partial charge in [-0.25, -0.2) is 23.1 Å². The predicted molar refractivity (Wildman–Crippen MR) is 147 cm³/mol. The van der Waals surface area contributed by atoms with E-state index in [-0.39, 0.29) is 47.2 Å². The van der Waals surface area contributed by atoms with Gasteiger partial charge in [-0.05, 0) is 50.5 Å². The third kappa shape index (κ3) is 5.32. The fraction of sp³-hybridized carbons (Fsp3) is 0.296. The summed E-state index contributed by atoms with van der Waals surface area (Å²) in [5.74, 6) is -0.639. The summed E-state index contributed by atoms with van der Waals surface area (Å²) >= 11 is 0. The first kappa shape index (κ1) is 27.1. The topological polar surface area (TPSA) is 152 Å². The highest BCUT2D eigenvalue weighted by Gasteiger charge is 2.35. The van der Waals surface area contributed by atoms with Gasteiger partial charge in [-0.1, -0.05) is 18.2 Å². The lowest BCUT2D eigenvalue weighted by molar-refractivity contribution is 0.0157. The van der Waals surface area contributed by atoms with Crippen molar-refractivity contribution in [2.75, 3.05) is 17.8 Å². The Bertz CT molecular complexity index is 1690. The molecule has 0 aliphatic carbocycles. The van der Waals surface area contributed by atoms with Crippen LogP contribution >= 0.6 is 0 Å². The van der Waals surface area contributed by atoms with Gasteiger partial charge < -0.3 is 14.7 Å². The summed E-state index contributed by atoms with van der Waals surface area (Å²) in [6, 6.07) is 9.21. The van der Waals surface area contributed by atoms with Crippen molar-refractivity contribution >= 4 is 21.9 Å². The minimum atomic E-state index is -4.01.